The highest BCUT2D eigenvalue weighted by atomic mass is 35.5. The van der Waals surface area contributed by atoms with Crippen LogP contribution in [0.5, 0.6) is 11.5 Å². The van der Waals surface area contributed by atoms with Crippen LogP contribution in [0.4, 0.5) is 11.4 Å². The number of ether oxygens (including phenoxy) is 2. The average Bonchev–Trinajstić information content (AvgIpc) is 3.31. The zero-order valence-corrected chi connectivity index (χ0v) is 16.8. The molecule has 0 radical (unpaired) electrons. The molecule has 4 rings (SSSR count). The maximum atomic E-state index is 12.4. The Morgan fingerprint density at radius 1 is 1.07 bits per heavy atom. The maximum Gasteiger partial charge on any atom is 0.265 e. The first-order valence-electron chi connectivity index (χ1n) is 8.98. The van der Waals surface area contributed by atoms with E-state index in [0.29, 0.717) is 46.9 Å². The number of thiophene rings is 1. The van der Waals surface area contributed by atoms with Gasteiger partial charge in [-0.3, -0.25) is 9.59 Å². The van der Waals surface area contributed by atoms with Crippen molar-refractivity contribution in [3.05, 3.63) is 34.5 Å². The van der Waals surface area contributed by atoms with Gasteiger partial charge in [-0.25, -0.2) is 0 Å². The van der Waals surface area contributed by atoms with E-state index in [9.17, 15) is 9.59 Å². The van der Waals surface area contributed by atoms with Crippen LogP contribution in [-0.2, 0) is 4.79 Å². The number of benzene rings is 1. The molecule has 2 heterocycles. The lowest BCUT2D eigenvalue weighted by Crippen LogP contribution is -2.30. The zero-order valence-electron chi connectivity index (χ0n) is 15.2. The predicted octanol–water partition coefficient (Wildman–Crippen LogP) is 3.13. The minimum Gasteiger partial charge on any atom is -0.486 e. The molecular weight excluding hydrogens is 402 g/mol. The van der Waals surface area contributed by atoms with Crippen molar-refractivity contribution in [3.8, 4) is 11.5 Å². The molecule has 28 heavy (non-hydrogen) atoms. The van der Waals surface area contributed by atoms with Crippen molar-refractivity contribution >= 4 is 46.9 Å². The topological polar surface area (TPSA) is 88.7 Å². The Morgan fingerprint density at radius 3 is 2.36 bits per heavy atom. The number of anilines is 2. The lowest BCUT2D eigenvalue weighted by atomic mass is 10.2. The van der Waals surface area contributed by atoms with Gasteiger partial charge in [0.1, 0.15) is 13.2 Å². The number of hydrogen-bond donors (Lipinski definition) is 3. The van der Waals surface area contributed by atoms with Gasteiger partial charge in [-0.2, -0.15) is 0 Å². The fraction of sp³-hybridized carbons (Fsp3) is 0.368. The molecular formula is C19H22ClN3O4S. The van der Waals surface area contributed by atoms with Crippen molar-refractivity contribution in [3.63, 3.8) is 0 Å². The fourth-order valence-electron chi connectivity index (χ4n) is 2.79. The van der Waals surface area contributed by atoms with Crippen LogP contribution in [-0.4, -0.2) is 38.1 Å². The number of halogens is 1. The van der Waals surface area contributed by atoms with Gasteiger partial charge >= 0.3 is 0 Å². The Labute approximate surface area is 173 Å². The average molecular weight is 424 g/mol. The normalized spacial score (nSPS) is 14.7. The number of fused-ring (bicyclic) bond motifs is 1. The van der Waals surface area contributed by atoms with Crippen molar-refractivity contribution in [1.82, 2.24) is 5.32 Å². The van der Waals surface area contributed by atoms with Crippen LogP contribution in [0.3, 0.4) is 0 Å². The van der Waals surface area contributed by atoms with Crippen LogP contribution >= 0.6 is 23.7 Å². The Balaban J connectivity index is 0.00000225. The van der Waals surface area contributed by atoms with Gasteiger partial charge in [-0.15, -0.1) is 23.7 Å². The molecule has 7 nitrogen and oxygen atoms in total. The summed E-state index contributed by atoms with van der Waals surface area (Å²) >= 11 is 1.35. The second-order valence-electron chi connectivity index (χ2n) is 6.60. The molecule has 1 aromatic heterocycles. The first kappa shape index (κ1) is 20.4. The lowest BCUT2D eigenvalue weighted by molar-refractivity contribution is -0.115. The maximum absolute atomic E-state index is 12.4. The predicted molar refractivity (Wildman–Crippen MR) is 111 cm³/mol. The van der Waals surface area contributed by atoms with Crippen LogP contribution in [0, 0.1) is 5.92 Å². The van der Waals surface area contributed by atoms with E-state index in [1.165, 1.54) is 24.2 Å². The number of nitrogens with one attached hydrogen (secondary N) is 3. The van der Waals surface area contributed by atoms with E-state index in [0.717, 1.165) is 6.54 Å². The molecule has 150 valence electrons. The number of carbonyl (C=O) groups excluding carboxylic acids is 2. The Bertz CT molecular complexity index is 840. The second-order valence-corrected chi connectivity index (χ2v) is 7.54. The molecule has 0 atom stereocenters. The molecule has 3 N–H and O–H groups in total. The van der Waals surface area contributed by atoms with E-state index in [2.05, 4.69) is 16.0 Å². The lowest BCUT2D eigenvalue weighted by Gasteiger charge is -2.21. The molecule has 2 aliphatic rings. The first-order valence-corrected chi connectivity index (χ1v) is 9.86. The summed E-state index contributed by atoms with van der Waals surface area (Å²) in [5.41, 5.74) is 0.968. The zero-order chi connectivity index (χ0) is 18.6. The molecule has 1 aliphatic heterocycles. The molecule has 2 amide bonds. The molecule has 9 heteroatoms. The Hall–Kier alpha value is -2.29. The van der Waals surface area contributed by atoms with Gasteiger partial charge in [0.25, 0.3) is 5.91 Å². The third kappa shape index (κ3) is 5.15. The minimum atomic E-state index is -0.232. The Morgan fingerprint density at radius 2 is 1.75 bits per heavy atom. The molecule has 1 fully saturated rings. The van der Waals surface area contributed by atoms with Crippen LogP contribution in [0.2, 0.25) is 0 Å². The van der Waals surface area contributed by atoms with Crippen molar-refractivity contribution in [1.29, 1.82) is 0 Å². The first-order chi connectivity index (χ1) is 13.2. The van der Waals surface area contributed by atoms with Gasteiger partial charge in [0.2, 0.25) is 5.91 Å². The molecule has 0 unspecified atom stereocenters. The SMILES string of the molecule is Cl.O=C(CNCC1CC1)Nc1cc2c(cc1NC(=O)c1cccs1)OCCO2. The van der Waals surface area contributed by atoms with Gasteiger partial charge in [0.05, 0.1) is 22.8 Å². The molecule has 0 saturated heterocycles. The van der Waals surface area contributed by atoms with Crippen molar-refractivity contribution in [2.24, 2.45) is 5.92 Å². The summed E-state index contributed by atoms with van der Waals surface area (Å²) in [7, 11) is 0. The van der Waals surface area contributed by atoms with Crippen LogP contribution in [0.1, 0.15) is 22.5 Å². The minimum absolute atomic E-state index is 0. The van der Waals surface area contributed by atoms with Gasteiger partial charge in [-0.1, -0.05) is 6.07 Å². The summed E-state index contributed by atoms with van der Waals surface area (Å²) in [6.07, 6.45) is 2.46. The fourth-order valence-corrected chi connectivity index (χ4v) is 3.41. The van der Waals surface area contributed by atoms with E-state index in [4.69, 9.17) is 9.47 Å². The highest BCUT2D eigenvalue weighted by molar-refractivity contribution is 7.12. The summed E-state index contributed by atoms with van der Waals surface area (Å²) in [6.45, 7) is 1.98. The molecule has 0 bridgehead atoms. The standard InChI is InChI=1S/C19H21N3O4S.ClH/c23-18(11-20-10-12-3-4-12)21-13-8-15-16(26-6-5-25-15)9-14(13)22-19(24)17-2-1-7-27-17;/h1-2,7-9,12,20H,3-6,10-11H2,(H,21,23)(H,22,24);1H. The smallest absolute Gasteiger partial charge is 0.265 e. The second kappa shape index (κ2) is 9.27. The summed E-state index contributed by atoms with van der Waals surface area (Å²) in [6, 6.07) is 6.94. The monoisotopic (exact) mass is 423 g/mol. The summed E-state index contributed by atoms with van der Waals surface area (Å²) in [4.78, 5) is 25.3. The van der Waals surface area contributed by atoms with E-state index in [1.807, 2.05) is 11.4 Å². The largest absolute Gasteiger partial charge is 0.486 e. The van der Waals surface area contributed by atoms with Crippen LogP contribution in [0.15, 0.2) is 29.6 Å². The summed E-state index contributed by atoms with van der Waals surface area (Å²) in [5.74, 6) is 1.40. The van der Waals surface area contributed by atoms with E-state index < -0.39 is 0 Å². The molecule has 0 spiro atoms. The van der Waals surface area contributed by atoms with E-state index in [1.54, 1.807) is 18.2 Å². The van der Waals surface area contributed by atoms with E-state index >= 15 is 0 Å². The van der Waals surface area contributed by atoms with Crippen LogP contribution in [0.25, 0.3) is 0 Å². The van der Waals surface area contributed by atoms with E-state index in [-0.39, 0.29) is 30.8 Å². The number of hydrogen-bond acceptors (Lipinski definition) is 6. The summed E-state index contributed by atoms with van der Waals surface area (Å²) in [5, 5.41) is 10.7. The molecule has 2 aromatic rings. The molecule has 1 aromatic carbocycles. The summed E-state index contributed by atoms with van der Waals surface area (Å²) < 4.78 is 11.2. The third-order valence-electron chi connectivity index (χ3n) is 4.37. The van der Waals surface area contributed by atoms with Gasteiger partial charge in [0.15, 0.2) is 11.5 Å². The highest BCUT2D eigenvalue weighted by Crippen LogP contribution is 2.38. The quantitative estimate of drug-likeness (QED) is 0.636. The van der Waals surface area contributed by atoms with Crippen molar-refractivity contribution < 1.29 is 19.1 Å². The molecule has 1 aliphatic carbocycles. The van der Waals surface area contributed by atoms with Gasteiger partial charge < -0.3 is 25.4 Å². The highest BCUT2D eigenvalue weighted by Gasteiger charge is 2.22. The van der Waals surface area contributed by atoms with Crippen LogP contribution < -0.4 is 25.4 Å². The number of amides is 2. The third-order valence-corrected chi connectivity index (χ3v) is 5.23. The number of carbonyl (C=O) groups is 2. The van der Waals surface area contributed by atoms with Crippen molar-refractivity contribution in [2.45, 2.75) is 12.8 Å². The van der Waals surface area contributed by atoms with Gasteiger partial charge in [0, 0.05) is 12.1 Å². The van der Waals surface area contributed by atoms with Crippen molar-refractivity contribution in [2.75, 3.05) is 36.9 Å². The molecule has 1 saturated carbocycles. The Kier molecular flexibility index (Phi) is 6.77. The van der Waals surface area contributed by atoms with Gasteiger partial charge in [-0.05, 0) is 36.8 Å². The number of rotatable bonds is 7.